The van der Waals surface area contributed by atoms with Gasteiger partial charge in [-0.15, -0.1) is 21.5 Å². The fraction of sp³-hybridized carbons (Fsp3) is 0.227. The summed E-state index contributed by atoms with van der Waals surface area (Å²) in [5.41, 5.74) is 5.07. The maximum atomic E-state index is 13.0. The molecule has 0 unspecified atom stereocenters. The molecule has 0 amide bonds. The smallest absolute Gasteiger partial charge is 0.196 e. The second-order valence-electron chi connectivity index (χ2n) is 6.93. The van der Waals surface area contributed by atoms with Crippen LogP contribution >= 0.6 is 23.1 Å². The third-order valence-electron chi connectivity index (χ3n) is 4.99. The van der Waals surface area contributed by atoms with Crippen LogP contribution in [0.2, 0.25) is 0 Å². The molecular weight excluding hydrogens is 400 g/mol. The Morgan fingerprint density at radius 3 is 2.72 bits per heavy atom. The highest BCUT2D eigenvalue weighted by atomic mass is 32.2. The van der Waals surface area contributed by atoms with Crippen LogP contribution in [-0.2, 0) is 6.54 Å². The Balaban J connectivity index is 1.50. The first-order chi connectivity index (χ1) is 14.0. The fourth-order valence-corrected chi connectivity index (χ4v) is 4.91. The van der Waals surface area contributed by atoms with Gasteiger partial charge in [0.25, 0.3) is 0 Å². The minimum atomic E-state index is 0.111. The van der Waals surface area contributed by atoms with Crippen LogP contribution in [-0.4, -0.2) is 30.9 Å². The molecule has 0 aliphatic rings. The predicted octanol–water partition coefficient (Wildman–Crippen LogP) is 5.08. The quantitative estimate of drug-likeness (QED) is 0.308. The van der Waals surface area contributed by atoms with Crippen molar-refractivity contribution in [1.29, 1.82) is 0 Å². The second-order valence-corrected chi connectivity index (χ2v) is 8.91. The second kappa shape index (κ2) is 8.39. The SMILES string of the molecule is Cc1ccccc1-n1cnnc1SCC(=O)c1cc(C)n(Cc2cccs2)c1C. The van der Waals surface area contributed by atoms with Crippen LogP contribution in [0.3, 0.4) is 0 Å². The number of hydrogen-bond donors (Lipinski definition) is 0. The summed E-state index contributed by atoms with van der Waals surface area (Å²) in [5, 5.41) is 11.1. The highest BCUT2D eigenvalue weighted by Gasteiger charge is 2.18. The average Bonchev–Trinajstić information content (AvgIpc) is 3.44. The molecule has 3 aromatic heterocycles. The molecule has 0 fully saturated rings. The third kappa shape index (κ3) is 4.06. The summed E-state index contributed by atoms with van der Waals surface area (Å²) in [6.45, 7) is 6.93. The first-order valence-corrected chi connectivity index (χ1v) is 11.2. The van der Waals surface area contributed by atoms with Gasteiger partial charge in [-0.3, -0.25) is 9.36 Å². The van der Waals surface area contributed by atoms with Crippen molar-refractivity contribution in [3.63, 3.8) is 0 Å². The van der Waals surface area contributed by atoms with Gasteiger partial charge in [0.2, 0.25) is 0 Å². The van der Waals surface area contributed by atoms with E-state index in [1.165, 1.54) is 16.6 Å². The lowest BCUT2D eigenvalue weighted by Crippen LogP contribution is -2.08. The van der Waals surface area contributed by atoms with Gasteiger partial charge in [0.1, 0.15) is 6.33 Å². The minimum absolute atomic E-state index is 0.111. The Morgan fingerprint density at radius 2 is 1.97 bits per heavy atom. The Kier molecular flexibility index (Phi) is 5.69. The van der Waals surface area contributed by atoms with Crippen molar-refractivity contribution in [3.8, 4) is 5.69 Å². The fourth-order valence-electron chi connectivity index (χ4n) is 3.41. The van der Waals surface area contributed by atoms with Gasteiger partial charge in [0.05, 0.1) is 18.0 Å². The standard InChI is InChI=1S/C22H22N4OS2/c1-15-7-4-5-9-20(15)26-14-23-24-22(26)29-13-21(27)19-11-16(2)25(17(19)3)12-18-8-6-10-28-18/h4-11,14H,12-13H2,1-3H3. The Morgan fingerprint density at radius 1 is 1.14 bits per heavy atom. The van der Waals surface area contributed by atoms with Gasteiger partial charge in [-0.2, -0.15) is 0 Å². The maximum Gasteiger partial charge on any atom is 0.196 e. The van der Waals surface area contributed by atoms with Gasteiger partial charge in [-0.25, -0.2) is 0 Å². The summed E-state index contributed by atoms with van der Waals surface area (Å²) in [4.78, 5) is 14.2. The van der Waals surface area contributed by atoms with Gasteiger partial charge >= 0.3 is 0 Å². The number of ketones is 1. The van der Waals surface area contributed by atoms with E-state index in [4.69, 9.17) is 0 Å². The van der Waals surface area contributed by atoms with Gasteiger partial charge in [-0.05, 0) is 49.9 Å². The van der Waals surface area contributed by atoms with E-state index in [9.17, 15) is 4.79 Å². The molecule has 0 spiro atoms. The number of rotatable bonds is 7. The van der Waals surface area contributed by atoms with Crippen LogP contribution < -0.4 is 0 Å². The summed E-state index contributed by atoms with van der Waals surface area (Å²) in [5.74, 6) is 0.438. The van der Waals surface area contributed by atoms with Crippen molar-refractivity contribution in [2.45, 2.75) is 32.5 Å². The van der Waals surface area contributed by atoms with Crippen LogP contribution in [0.5, 0.6) is 0 Å². The van der Waals surface area contributed by atoms with Crippen molar-refractivity contribution < 1.29 is 4.79 Å². The number of thiophene rings is 1. The lowest BCUT2D eigenvalue weighted by molar-refractivity contribution is 0.102. The summed E-state index contributed by atoms with van der Waals surface area (Å²) in [7, 11) is 0. The Bertz CT molecular complexity index is 1140. The molecule has 0 bridgehead atoms. The zero-order valence-corrected chi connectivity index (χ0v) is 18.3. The molecule has 4 rings (SSSR count). The molecule has 29 heavy (non-hydrogen) atoms. The molecule has 5 nitrogen and oxygen atoms in total. The molecule has 0 aliphatic carbocycles. The van der Waals surface area contributed by atoms with Crippen molar-refractivity contribution in [2.75, 3.05) is 5.75 Å². The minimum Gasteiger partial charge on any atom is -0.343 e. The maximum absolute atomic E-state index is 13.0. The zero-order chi connectivity index (χ0) is 20.4. The van der Waals surface area contributed by atoms with Crippen LogP contribution in [0.15, 0.2) is 59.3 Å². The molecule has 0 saturated heterocycles. The van der Waals surface area contributed by atoms with Crippen LogP contribution in [0.1, 0.15) is 32.2 Å². The first-order valence-electron chi connectivity index (χ1n) is 9.35. The van der Waals surface area contributed by atoms with E-state index in [2.05, 4.69) is 52.2 Å². The molecule has 0 N–H and O–H groups in total. The molecule has 0 radical (unpaired) electrons. The summed E-state index contributed by atoms with van der Waals surface area (Å²) in [6, 6.07) is 14.3. The van der Waals surface area contributed by atoms with Crippen molar-refractivity contribution >= 4 is 28.9 Å². The highest BCUT2D eigenvalue weighted by Crippen LogP contribution is 2.25. The van der Waals surface area contributed by atoms with Crippen molar-refractivity contribution in [1.82, 2.24) is 19.3 Å². The van der Waals surface area contributed by atoms with Gasteiger partial charge < -0.3 is 4.57 Å². The van der Waals surface area contributed by atoms with E-state index in [0.29, 0.717) is 5.75 Å². The van der Waals surface area contributed by atoms with Crippen LogP contribution in [0, 0.1) is 20.8 Å². The number of para-hydroxylation sites is 1. The summed E-state index contributed by atoms with van der Waals surface area (Å²) in [6.07, 6.45) is 1.70. The Hall–Kier alpha value is -2.64. The van der Waals surface area contributed by atoms with Crippen molar-refractivity contribution in [2.24, 2.45) is 0 Å². The monoisotopic (exact) mass is 422 g/mol. The number of hydrogen-bond acceptors (Lipinski definition) is 5. The lowest BCUT2D eigenvalue weighted by atomic mass is 10.2. The number of aromatic nitrogens is 4. The zero-order valence-electron chi connectivity index (χ0n) is 16.6. The predicted molar refractivity (Wildman–Crippen MR) is 118 cm³/mol. The van der Waals surface area contributed by atoms with Crippen LogP contribution in [0.4, 0.5) is 0 Å². The highest BCUT2D eigenvalue weighted by molar-refractivity contribution is 7.99. The van der Waals surface area contributed by atoms with E-state index in [1.807, 2.05) is 35.8 Å². The van der Waals surface area contributed by atoms with Crippen molar-refractivity contribution in [3.05, 3.63) is 81.6 Å². The van der Waals surface area contributed by atoms with E-state index in [1.54, 1.807) is 17.7 Å². The molecule has 148 valence electrons. The third-order valence-corrected chi connectivity index (χ3v) is 6.80. The molecule has 1 aromatic carbocycles. The number of benzene rings is 1. The topological polar surface area (TPSA) is 52.7 Å². The number of nitrogens with zero attached hydrogens (tertiary/aromatic N) is 4. The summed E-state index contributed by atoms with van der Waals surface area (Å²) < 4.78 is 4.15. The normalized spacial score (nSPS) is 11.1. The number of thioether (sulfide) groups is 1. The molecule has 0 atom stereocenters. The molecule has 4 aromatic rings. The van der Waals surface area contributed by atoms with Gasteiger partial charge in [0.15, 0.2) is 10.9 Å². The van der Waals surface area contributed by atoms with Gasteiger partial charge in [-0.1, -0.05) is 36.0 Å². The molecule has 7 heteroatoms. The lowest BCUT2D eigenvalue weighted by Gasteiger charge is -2.09. The van der Waals surface area contributed by atoms with E-state index < -0.39 is 0 Å². The van der Waals surface area contributed by atoms with E-state index in [0.717, 1.165) is 39.9 Å². The summed E-state index contributed by atoms with van der Waals surface area (Å²) >= 11 is 3.16. The Labute approximate surface area is 178 Å². The molecular formula is C22H22N4OS2. The largest absolute Gasteiger partial charge is 0.343 e. The van der Waals surface area contributed by atoms with Crippen LogP contribution in [0.25, 0.3) is 5.69 Å². The number of carbonyl (C=O) groups excluding carboxylic acids is 1. The molecule has 3 heterocycles. The number of carbonyl (C=O) groups is 1. The first kappa shape index (κ1) is 19.7. The number of aryl methyl sites for hydroxylation is 2. The van der Waals surface area contributed by atoms with Gasteiger partial charge in [0, 0.05) is 21.8 Å². The number of Topliss-reactive ketones (excluding diaryl/α,β-unsaturated/α-hetero) is 1. The molecule has 0 saturated carbocycles. The van der Waals surface area contributed by atoms with E-state index in [-0.39, 0.29) is 5.78 Å². The molecule has 0 aliphatic heterocycles. The average molecular weight is 423 g/mol. The van der Waals surface area contributed by atoms with E-state index >= 15 is 0 Å².